The molecule has 1 aliphatic heterocycles. The summed E-state index contributed by atoms with van der Waals surface area (Å²) in [6.45, 7) is 3.89. The summed E-state index contributed by atoms with van der Waals surface area (Å²) < 4.78 is 0. The fourth-order valence-electron chi connectivity index (χ4n) is 2.56. The number of aromatic nitrogens is 1. The molecule has 1 aliphatic rings. The summed E-state index contributed by atoms with van der Waals surface area (Å²) in [7, 11) is 0. The molecule has 6 heteroatoms. The number of amides is 1. The van der Waals surface area contributed by atoms with Crippen LogP contribution in [0.25, 0.3) is 0 Å². The molecule has 6 nitrogen and oxygen atoms in total. The van der Waals surface area contributed by atoms with Crippen molar-refractivity contribution in [2.24, 2.45) is 11.8 Å². The van der Waals surface area contributed by atoms with Crippen LogP contribution in [-0.2, 0) is 6.54 Å². The summed E-state index contributed by atoms with van der Waals surface area (Å²) in [5, 5.41) is 9.42. The number of hydrogen-bond donors (Lipinski definition) is 3. The zero-order chi connectivity index (χ0) is 13.8. The molecule has 0 aromatic carbocycles. The smallest absolute Gasteiger partial charge is 0.283 e. The predicted octanol–water partition coefficient (Wildman–Crippen LogP) is -0.112. The lowest BCUT2D eigenvalue weighted by molar-refractivity contribution is 0.0947. The maximum absolute atomic E-state index is 11.4. The fourth-order valence-corrected chi connectivity index (χ4v) is 2.56. The van der Waals surface area contributed by atoms with E-state index in [-0.39, 0.29) is 12.6 Å². The van der Waals surface area contributed by atoms with Gasteiger partial charge in [-0.05, 0) is 31.0 Å². The normalized spacial score (nSPS) is 23.5. The van der Waals surface area contributed by atoms with E-state index < -0.39 is 5.91 Å². The van der Waals surface area contributed by atoms with Crippen molar-refractivity contribution in [1.29, 1.82) is 0 Å². The van der Waals surface area contributed by atoms with E-state index in [0.717, 1.165) is 18.7 Å². The lowest BCUT2D eigenvalue weighted by Gasteiger charge is -2.24. The minimum Gasteiger partial charge on any atom is -0.395 e. The van der Waals surface area contributed by atoms with Gasteiger partial charge in [-0.3, -0.25) is 15.1 Å². The third kappa shape index (κ3) is 3.09. The first kappa shape index (κ1) is 13.9. The third-order valence-corrected chi connectivity index (χ3v) is 3.72. The van der Waals surface area contributed by atoms with Gasteiger partial charge >= 0.3 is 0 Å². The first-order valence-corrected chi connectivity index (χ1v) is 6.47. The van der Waals surface area contributed by atoms with E-state index in [9.17, 15) is 9.90 Å². The minimum atomic E-state index is -0.393. The number of hydrogen-bond acceptors (Lipinski definition) is 5. The van der Waals surface area contributed by atoms with Gasteiger partial charge in [0.25, 0.3) is 5.91 Å². The topological polar surface area (TPSA) is 91.5 Å². The Morgan fingerprint density at radius 1 is 1.63 bits per heavy atom. The standard InChI is InChI=1S/C13H20N4O2/c1-9-5-6-17(12(9)8-18)7-10-3-2-4-11(15-10)13(19)16-14/h2-4,9,12,18H,5-8,14H2,1H3,(H,16,19). The molecule has 2 rings (SSSR count). The van der Waals surface area contributed by atoms with Crippen LogP contribution in [0.4, 0.5) is 0 Å². The molecule has 1 aromatic heterocycles. The van der Waals surface area contributed by atoms with E-state index in [1.54, 1.807) is 12.1 Å². The van der Waals surface area contributed by atoms with Crippen molar-refractivity contribution in [3.8, 4) is 0 Å². The first-order chi connectivity index (χ1) is 9.15. The number of aliphatic hydroxyl groups excluding tert-OH is 1. The molecule has 0 bridgehead atoms. The molecule has 4 N–H and O–H groups in total. The Balaban J connectivity index is 2.09. The summed E-state index contributed by atoms with van der Waals surface area (Å²) in [5.41, 5.74) is 3.20. The summed E-state index contributed by atoms with van der Waals surface area (Å²) in [5.74, 6) is 5.19. The fraction of sp³-hybridized carbons (Fsp3) is 0.538. The van der Waals surface area contributed by atoms with Gasteiger partial charge in [0.1, 0.15) is 5.69 Å². The van der Waals surface area contributed by atoms with E-state index in [0.29, 0.717) is 18.2 Å². The molecular formula is C13H20N4O2. The monoisotopic (exact) mass is 264 g/mol. The molecule has 104 valence electrons. The Morgan fingerprint density at radius 3 is 3.11 bits per heavy atom. The van der Waals surface area contributed by atoms with Crippen molar-refractivity contribution in [3.63, 3.8) is 0 Å². The SMILES string of the molecule is CC1CCN(Cc2cccc(C(=O)NN)n2)C1CO. The number of rotatable bonds is 4. The Morgan fingerprint density at radius 2 is 2.42 bits per heavy atom. The quantitative estimate of drug-likeness (QED) is 0.401. The van der Waals surface area contributed by atoms with Gasteiger partial charge in [-0.2, -0.15) is 0 Å². The number of nitrogens with one attached hydrogen (secondary N) is 1. The van der Waals surface area contributed by atoms with Crippen LogP contribution in [0.5, 0.6) is 0 Å². The van der Waals surface area contributed by atoms with Gasteiger partial charge in [0.15, 0.2) is 0 Å². The maximum Gasteiger partial charge on any atom is 0.283 e. The first-order valence-electron chi connectivity index (χ1n) is 6.47. The Kier molecular flexibility index (Phi) is 4.47. The molecule has 1 saturated heterocycles. The summed E-state index contributed by atoms with van der Waals surface area (Å²) in [6, 6.07) is 5.47. The third-order valence-electron chi connectivity index (χ3n) is 3.72. The number of carbonyl (C=O) groups is 1. The number of pyridine rings is 1. The molecule has 0 aliphatic carbocycles. The molecule has 0 radical (unpaired) electrons. The second-order valence-electron chi connectivity index (χ2n) is 4.97. The Hall–Kier alpha value is -1.50. The summed E-state index contributed by atoms with van der Waals surface area (Å²) in [4.78, 5) is 17.9. The van der Waals surface area contributed by atoms with Crippen molar-refractivity contribution in [1.82, 2.24) is 15.3 Å². The second-order valence-corrected chi connectivity index (χ2v) is 4.97. The number of nitrogens with zero attached hydrogens (tertiary/aromatic N) is 2. The molecule has 1 amide bonds. The van der Waals surface area contributed by atoms with Crippen LogP contribution in [0.3, 0.4) is 0 Å². The van der Waals surface area contributed by atoms with Gasteiger partial charge in [-0.25, -0.2) is 10.8 Å². The summed E-state index contributed by atoms with van der Waals surface area (Å²) >= 11 is 0. The van der Waals surface area contributed by atoms with E-state index in [1.165, 1.54) is 0 Å². The maximum atomic E-state index is 11.4. The highest BCUT2D eigenvalue weighted by molar-refractivity contribution is 5.91. The molecule has 1 aromatic rings. The van der Waals surface area contributed by atoms with E-state index in [1.807, 2.05) is 6.07 Å². The van der Waals surface area contributed by atoms with E-state index in [2.05, 4.69) is 22.2 Å². The average Bonchev–Trinajstić information content (AvgIpc) is 2.78. The number of nitrogen functional groups attached to an aromatic ring is 1. The molecule has 0 spiro atoms. The molecule has 2 heterocycles. The number of aliphatic hydroxyl groups is 1. The molecular weight excluding hydrogens is 244 g/mol. The van der Waals surface area contributed by atoms with Crippen molar-refractivity contribution in [2.75, 3.05) is 13.2 Å². The molecule has 2 unspecified atom stereocenters. The highest BCUT2D eigenvalue weighted by atomic mass is 16.3. The number of carbonyl (C=O) groups excluding carboxylic acids is 1. The minimum absolute atomic E-state index is 0.157. The average molecular weight is 264 g/mol. The van der Waals surface area contributed by atoms with Crippen LogP contribution in [0.15, 0.2) is 18.2 Å². The second kappa shape index (κ2) is 6.10. The highest BCUT2D eigenvalue weighted by Gasteiger charge is 2.30. The largest absolute Gasteiger partial charge is 0.395 e. The molecule has 0 saturated carbocycles. The molecule has 2 atom stereocenters. The van der Waals surface area contributed by atoms with Crippen molar-refractivity contribution in [3.05, 3.63) is 29.6 Å². The van der Waals surface area contributed by atoms with Crippen LogP contribution in [0.2, 0.25) is 0 Å². The van der Waals surface area contributed by atoms with Crippen molar-refractivity contribution in [2.45, 2.75) is 25.9 Å². The van der Waals surface area contributed by atoms with Gasteiger partial charge in [0.2, 0.25) is 0 Å². The van der Waals surface area contributed by atoms with Crippen molar-refractivity contribution < 1.29 is 9.90 Å². The van der Waals surface area contributed by atoms with E-state index in [4.69, 9.17) is 5.84 Å². The van der Waals surface area contributed by atoms with Crippen LogP contribution < -0.4 is 11.3 Å². The Bertz CT molecular complexity index is 452. The molecule has 1 fully saturated rings. The molecule has 19 heavy (non-hydrogen) atoms. The lowest BCUT2D eigenvalue weighted by atomic mass is 10.0. The Labute approximate surface area is 112 Å². The summed E-state index contributed by atoms with van der Waals surface area (Å²) in [6.07, 6.45) is 1.08. The van der Waals surface area contributed by atoms with Crippen LogP contribution in [0, 0.1) is 5.92 Å². The lowest BCUT2D eigenvalue weighted by Crippen LogP contribution is -2.35. The number of hydrazine groups is 1. The highest BCUT2D eigenvalue weighted by Crippen LogP contribution is 2.24. The predicted molar refractivity (Wildman–Crippen MR) is 71.0 cm³/mol. The van der Waals surface area contributed by atoms with Gasteiger partial charge < -0.3 is 5.11 Å². The van der Waals surface area contributed by atoms with E-state index >= 15 is 0 Å². The van der Waals surface area contributed by atoms with Gasteiger partial charge in [0, 0.05) is 12.6 Å². The van der Waals surface area contributed by atoms with Gasteiger partial charge in [-0.15, -0.1) is 0 Å². The zero-order valence-electron chi connectivity index (χ0n) is 11.0. The zero-order valence-corrected chi connectivity index (χ0v) is 11.0. The van der Waals surface area contributed by atoms with Crippen LogP contribution in [0.1, 0.15) is 29.5 Å². The van der Waals surface area contributed by atoms with Crippen molar-refractivity contribution >= 4 is 5.91 Å². The number of nitrogens with two attached hydrogens (primary N) is 1. The van der Waals surface area contributed by atoms with Gasteiger partial charge in [-0.1, -0.05) is 13.0 Å². The number of likely N-dealkylation sites (tertiary alicyclic amines) is 1. The van der Waals surface area contributed by atoms with Crippen LogP contribution in [-0.4, -0.2) is 40.1 Å². The van der Waals surface area contributed by atoms with Gasteiger partial charge in [0.05, 0.1) is 12.3 Å². The van der Waals surface area contributed by atoms with Crippen LogP contribution >= 0.6 is 0 Å².